The standard InChI is InChI=1S/C14H20N2O/c1-3-16-13(9-11(2)15-16)10-14(17)12-7-5-4-6-8-12/h7,9H,3-6,8,10H2,1-2H3. The van der Waals surface area contributed by atoms with Crippen molar-refractivity contribution in [1.82, 2.24) is 9.78 Å². The summed E-state index contributed by atoms with van der Waals surface area (Å²) in [5, 5.41) is 4.37. The molecule has 0 N–H and O–H groups in total. The molecule has 2 rings (SSSR count). The van der Waals surface area contributed by atoms with E-state index in [0.29, 0.717) is 6.42 Å². The van der Waals surface area contributed by atoms with Gasteiger partial charge in [-0.3, -0.25) is 9.48 Å². The lowest BCUT2D eigenvalue weighted by Gasteiger charge is -2.11. The van der Waals surface area contributed by atoms with E-state index < -0.39 is 0 Å². The van der Waals surface area contributed by atoms with Crippen LogP contribution >= 0.6 is 0 Å². The van der Waals surface area contributed by atoms with Crippen molar-refractivity contribution in [1.29, 1.82) is 0 Å². The molecule has 1 aromatic heterocycles. The first-order chi connectivity index (χ1) is 8.20. The summed E-state index contributed by atoms with van der Waals surface area (Å²) in [6.07, 6.45) is 7.02. The second-order valence-corrected chi connectivity index (χ2v) is 4.67. The Kier molecular flexibility index (Phi) is 3.77. The Balaban J connectivity index is 2.09. The maximum atomic E-state index is 12.1. The molecule has 1 aromatic rings. The summed E-state index contributed by atoms with van der Waals surface area (Å²) in [5.41, 5.74) is 3.06. The molecular weight excluding hydrogens is 212 g/mol. The molecule has 0 radical (unpaired) electrons. The minimum Gasteiger partial charge on any atom is -0.294 e. The Morgan fingerprint density at radius 1 is 1.47 bits per heavy atom. The minimum atomic E-state index is 0.277. The van der Waals surface area contributed by atoms with Crippen LogP contribution < -0.4 is 0 Å². The molecule has 0 aromatic carbocycles. The highest BCUT2D eigenvalue weighted by Gasteiger charge is 2.15. The van der Waals surface area contributed by atoms with E-state index in [4.69, 9.17) is 0 Å². The fraction of sp³-hybridized carbons (Fsp3) is 0.571. The summed E-state index contributed by atoms with van der Waals surface area (Å²) in [6, 6.07) is 2.02. The van der Waals surface area contributed by atoms with Crippen LogP contribution in [-0.4, -0.2) is 15.6 Å². The lowest BCUT2D eigenvalue weighted by Crippen LogP contribution is -2.12. The van der Waals surface area contributed by atoms with Gasteiger partial charge in [0.15, 0.2) is 5.78 Å². The molecule has 92 valence electrons. The summed E-state index contributed by atoms with van der Waals surface area (Å²) >= 11 is 0. The van der Waals surface area contributed by atoms with E-state index in [9.17, 15) is 4.79 Å². The molecule has 0 bridgehead atoms. The monoisotopic (exact) mass is 232 g/mol. The number of aryl methyl sites for hydroxylation is 2. The second kappa shape index (κ2) is 5.30. The van der Waals surface area contributed by atoms with Gasteiger partial charge in [0, 0.05) is 12.2 Å². The number of carbonyl (C=O) groups is 1. The normalized spacial score (nSPS) is 15.8. The van der Waals surface area contributed by atoms with Gasteiger partial charge in [-0.25, -0.2) is 0 Å². The summed E-state index contributed by atoms with van der Waals surface area (Å²) in [5.74, 6) is 0.277. The van der Waals surface area contributed by atoms with E-state index in [0.717, 1.165) is 42.8 Å². The molecule has 0 saturated heterocycles. The van der Waals surface area contributed by atoms with Crippen molar-refractivity contribution in [2.24, 2.45) is 0 Å². The molecule has 0 amide bonds. The fourth-order valence-corrected chi connectivity index (χ4v) is 2.38. The number of allylic oxidation sites excluding steroid dienone is 2. The quantitative estimate of drug-likeness (QED) is 0.800. The van der Waals surface area contributed by atoms with Crippen LogP contribution in [0.1, 0.15) is 44.0 Å². The number of nitrogens with zero attached hydrogens (tertiary/aromatic N) is 2. The van der Waals surface area contributed by atoms with Crippen molar-refractivity contribution in [3.63, 3.8) is 0 Å². The number of hydrogen-bond donors (Lipinski definition) is 0. The molecule has 17 heavy (non-hydrogen) atoms. The van der Waals surface area contributed by atoms with Crippen molar-refractivity contribution in [2.75, 3.05) is 0 Å². The van der Waals surface area contributed by atoms with Crippen molar-refractivity contribution in [3.05, 3.63) is 29.1 Å². The lowest BCUT2D eigenvalue weighted by molar-refractivity contribution is -0.115. The second-order valence-electron chi connectivity index (χ2n) is 4.67. The van der Waals surface area contributed by atoms with Gasteiger partial charge in [0.1, 0.15) is 0 Å². The van der Waals surface area contributed by atoms with Gasteiger partial charge in [-0.2, -0.15) is 5.10 Å². The van der Waals surface area contributed by atoms with E-state index >= 15 is 0 Å². The van der Waals surface area contributed by atoms with Crippen molar-refractivity contribution >= 4 is 5.78 Å². The van der Waals surface area contributed by atoms with Crippen LogP contribution in [0, 0.1) is 6.92 Å². The first-order valence-electron chi connectivity index (χ1n) is 6.46. The number of carbonyl (C=O) groups excluding carboxylic acids is 1. The van der Waals surface area contributed by atoms with E-state index in [1.54, 1.807) is 0 Å². The average molecular weight is 232 g/mol. The van der Waals surface area contributed by atoms with Crippen LogP contribution in [0.25, 0.3) is 0 Å². The van der Waals surface area contributed by atoms with Crippen molar-refractivity contribution < 1.29 is 4.79 Å². The van der Waals surface area contributed by atoms with E-state index in [-0.39, 0.29) is 5.78 Å². The zero-order chi connectivity index (χ0) is 12.3. The van der Waals surface area contributed by atoms with Gasteiger partial charge in [0.05, 0.1) is 12.1 Å². The van der Waals surface area contributed by atoms with Gasteiger partial charge in [-0.05, 0) is 51.2 Å². The minimum absolute atomic E-state index is 0.277. The van der Waals surface area contributed by atoms with E-state index in [2.05, 4.69) is 18.1 Å². The SMILES string of the molecule is CCn1nc(C)cc1CC(=O)C1=CCCCC1. The lowest BCUT2D eigenvalue weighted by atomic mass is 9.94. The Labute approximate surface area is 103 Å². The molecule has 0 unspecified atom stereocenters. The molecule has 0 atom stereocenters. The highest BCUT2D eigenvalue weighted by Crippen LogP contribution is 2.19. The average Bonchev–Trinajstić information content (AvgIpc) is 2.70. The predicted octanol–water partition coefficient (Wildman–Crippen LogP) is 2.82. The Morgan fingerprint density at radius 2 is 2.29 bits per heavy atom. The molecule has 0 saturated carbocycles. The van der Waals surface area contributed by atoms with Crippen molar-refractivity contribution in [3.8, 4) is 0 Å². The Hall–Kier alpha value is -1.38. The molecule has 0 spiro atoms. The molecule has 3 nitrogen and oxygen atoms in total. The maximum absolute atomic E-state index is 12.1. The molecule has 0 aliphatic heterocycles. The molecule has 1 heterocycles. The third-order valence-corrected chi connectivity index (χ3v) is 3.28. The number of Topliss-reactive ketones (excluding diaryl/α,β-unsaturated/α-hetero) is 1. The largest absolute Gasteiger partial charge is 0.294 e. The van der Waals surface area contributed by atoms with Crippen LogP contribution in [0.3, 0.4) is 0 Å². The van der Waals surface area contributed by atoms with Gasteiger partial charge in [-0.1, -0.05) is 6.08 Å². The summed E-state index contributed by atoms with van der Waals surface area (Å²) in [7, 11) is 0. The topological polar surface area (TPSA) is 34.9 Å². The number of ketones is 1. The third kappa shape index (κ3) is 2.84. The van der Waals surface area contributed by atoms with Crippen LogP contribution in [0.2, 0.25) is 0 Å². The first kappa shape index (κ1) is 12.1. The third-order valence-electron chi connectivity index (χ3n) is 3.28. The van der Waals surface area contributed by atoms with Crippen LogP contribution in [0.15, 0.2) is 17.7 Å². The summed E-state index contributed by atoms with van der Waals surface area (Å²) in [4.78, 5) is 12.1. The number of hydrogen-bond acceptors (Lipinski definition) is 2. The van der Waals surface area contributed by atoms with Gasteiger partial charge >= 0.3 is 0 Å². The molecule has 1 aliphatic rings. The van der Waals surface area contributed by atoms with Crippen LogP contribution in [0.5, 0.6) is 0 Å². The zero-order valence-corrected chi connectivity index (χ0v) is 10.7. The highest BCUT2D eigenvalue weighted by atomic mass is 16.1. The Morgan fingerprint density at radius 3 is 2.94 bits per heavy atom. The smallest absolute Gasteiger partial charge is 0.164 e. The first-order valence-corrected chi connectivity index (χ1v) is 6.46. The van der Waals surface area contributed by atoms with Gasteiger partial charge < -0.3 is 0 Å². The van der Waals surface area contributed by atoms with Gasteiger partial charge in [0.2, 0.25) is 0 Å². The molecule has 3 heteroatoms. The summed E-state index contributed by atoms with van der Waals surface area (Å²) in [6.45, 7) is 4.86. The van der Waals surface area contributed by atoms with Gasteiger partial charge in [0.25, 0.3) is 0 Å². The number of aromatic nitrogens is 2. The Bertz CT molecular complexity index is 443. The van der Waals surface area contributed by atoms with Crippen LogP contribution in [0.4, 0.5) is 0 Å². The molecule has 1 aliphatic carbocycles. The molecular formula is C14H20N2O. The zero-order valence-electron chi connectivity index (χ0n) is 10.7. The van der Waals surface area contributed by atoms with Crippen molar-refractivity contribution in [2.45, 2.75) is 52.5 Å². The van der Waals surface area contributed by atoms with E-state index in [1.807, 2.05) is 17.7 Å². The predicted molar refractivity (Wildman–Crippen MR) is 67.9 cm³/mol. The van der Waals surface area contributed by atoms with E-state index in [1.165, 1.54) is 6.42 Å². The number of rotatable bonds is 4. The highest BCUT2D eigenvalue weighted by molar-refractivity contribution is 5.96. The fourth-order valence-electron chi connectivity index (χ4n) is 2.38. The summed E-state index contributed by atoms with van der Waals surface area (Å²) < 4.78 is 1.93. The van der Waals surface area contributed by atoms with Gasteiger partial charge in [-0.15, -0.1) is 0 Å². The maximum Gasteiger partial charge on any atom is 0.164 e. The van der Waals surface area contributed by atoms with Crippen LogP contribution in [-0.2, 0) is 17.8 Å². The molecule has 0 fully saturated rings.